The summed E-state index contributed by atoms with van der Waals surface area (Å²) in [6, 6.07) is 0. The molecule has 3 rings (SSSR count). The Kier molecular flexibility index (Phi) is 3.03. The van der Waals surface area contributed by atoms with Gasteiger partial charge in [-0.05, 0) is 37.0 Å². The van der Waals surface area contributed by atoms with Crippen LogP contribution in [-0.4, -0.2) is 28.2 Å². The second-order valence-corrected chi connectivity index (χ2v) is 6.11. The van der Waals surface area contributed by atoms with E-state index in [2.05, 4.69) is 24.8 Å². The molecule has 2 N–H and O–H groups in total. The molecule has 0 amide bonds. The topological polar surface area (TPSA) is 57.5 Å². The van der Waals surface area contributed by atoms with Crippen LogP contribution in [0.4, 0.5) is 0 Å². The number of unbranched alkanes of at least 4 members (excludes halogenated alkanes) is 1. The summed E-state index contributed by atoms with van der Waals surface area (Å²) in [5.74, 6) is 6.54. The summed E-state index contributed by atoms with van der Waals surface area (Å²) in [5.41, 5.74) is 0.332. The lowest BCUT2D eigenvalue weighted by atomic mass is 9.49. The summed E-state index contributed by atoms with van der Waals surface area (Å²) < 4.78 is 0. The van der Waals surface area contributed by atoms with Crippen molar-refractivity contribution in [3.05, 3.63) is 11.6 Å². The molecule has 3 nitrogen and oxygen atoms in total. The van der Waals surface area contributed by atoms with E-state index in [9.17, 15) is 15.0 Å². The van der Waals surface area contributed by atoms with Crippen LogP contribution in [0.1, 0.15) is 32.6 Å². The first kappa shape index (κ1) is 12.9. The van der Waals surface area contributed by atoms with Gasteiger partial charge in [-0.25, -0.2) is 0 Å². The van der Waals surface area contributed by atoms with Gasteiger partial charge in [0.2, 0.25) is 0 Å². The second-order valence-electron chi connectivity index (χ2n) is 6.11. The van der Waals surface area contributed by atoms with Crippen LogP contribution in [-0.2, 0) is 4.79 Å². The van der Waals surface area contributed by atoms with Crippen LogP contribution >= 0.6 is 0 Å². The first-order chi connectivity index (χ1) is 9.08. The van der Waals surface area contributed by atoms with Gasteiger partial charge in [0.15, 0.2) is 5.60 Å². The summed E-state index contributed by atoms with van der Waals surface area (Å²) in [7, 11) is 0. The highest BCUT2D eigenvalue weighted by Crippen LogP contribution is 2.58. The van der Waals surface area contributed by atoms with Crippen molar-refractivity contribution in [3.63, 3.8) is 0 Å². The number of hydrogen-bond donors (Lipinski definition) is 2. The Morgan fingerprint density at radius 3 is 2.74 bits per heavy atom. The monoisotopic (exact) mass is 260 g/mol. The van der Waals surface area contributed by atoms with Gasteiger partial charge in [-0.1, -0.05) is 30.4 Å². The Morgan fingerprint density at radius 2 is 2.11 bits per heavy atom. The first-order valence-electron chi connectivity index (χ1n) is 7.17. The Balaban J connectivity index is 1.74. The number of fused-ring (bicyclic) bond motifs is 1. The molecule has 2 fully saturated rings. The van der Waals surface area contributed by atoms with Crippen molar-refractivity contribution in [2.75, 3.05) is 0 Å². The Bertz CT molecular complexity index is 474. The van der Waals surface area contributed by atoms with Crippen LogP contribution in [0.25, 0.3) is 0 Å². The molecular formula is C16H20O3. The Hall–Kier alpha value is -1.11. The van der Waals surface area contributed by atoms with Crippen LogP contribution in [0.5, 0.6) is 0 Å². The Labute approximate surface area is 113 Å². The maximum atomic E-state index is 10.4. The highest BCUT2D eigenvalue weighted by molar-refractivity contribution is 5.50. The van der Waals surface area contributed by atoms with Gasteiger partial charge in [-0.3, -0.25) is 0 Å². The Morgan fingerprint density at radius 1 is 1.37 bits per heavy atom. The van der Waals surface area contributed by atoms with Crippen molar-refractivity contribution in [1.29, 1.82) is 0 Å². The number of allylic oxidation sites excluding steroid dienone is 2. The third kappa shape index (κ3) is 1.94. The summed E-state index contributed by atoms with van der Waals surface area (Å²) in [5, 5.41) is 20.4. The highest BCUT2D eigenvalue weighted by Gasteiger charge is 2.59. The maximum absolute atomic E-state index is 10.4. The molecule has 19 heavy (non-hydrogen) atoms. The fourth-order valence-electron chi connectivity index (χ4n) is 4.16. The van der Waals surface area contributed by atoms with Gasteiger partial charge < -0.3 is 15.0 Å². The fraction of sp³-hybridized carbons (Fsp3) is 0.688. The molecule has 0 aromatic heterocycles. The van der Waals surface area contributed by atoms with Gasteiger partial charge in [0, 0.05) is 12.3 Å². The molecule has 0 bridgehead atoms. The number of hydrogen-bond acceptors (Lipinski definition) is 3. The van der Waals surface area contributed by atoms with E-state index in [1.165, 1.54) is 5.57 Å². The van der Waals surface area contributed by atoms with E-state index in [-0.39, 0.29) is 5.92 Å². The number of aldehydes is 1. The zero-order valence-electron chi connectivity index (χ0n) is 11.2. The highest BCUT2D eigenvalue weighted by atomic mass is 16.3. The molecule has 5 atom stereocenters. The zero-order chi connectivity index (χ0) is 13.6. The molecule has 0 aliphatic heterocycles. The smallest absolute Gasteiger partial charge is 0.193 e. The molecule has 0 radical (unpaired) electrons. The summed E-state index contributed by atoms with van der Waals surface area (Å²) in [4.78, 5) is 10.4. The van der Waals surface area contributed by atoms with Gasteiger partial charge in [0.1, 0.15) is 6.29 Å². The average Bonchev–Trinajstić information content (AvgIpc) is 3.13. The van der Waals surface area contributed by atoms with Crippen molar-refractivity contribution in [2.24, 2.45) is 23.7 Å². The minimum absolute atomic E-state index is 0.149. The minimum atomic E-state index is -1.08. The fourth-order valence-corrected chi connectivity index (χ4v) is 4.16. The summed E-state index contributed by atoms with van der Waals surface area (Å²) in [6.07, 6.45) is 5.78. The zero-order valence-corrected chi connectivity index (χ0v) is 11.2. The first-order valence-corrected chi connectivity index (χ1v) is 7.17. The molecule has 0 saturated heterocycles. The van der Waals surface area contributed by atoms with Crippen LogP contribution < -0.4 is 0 Å². The van der Waals surface area contributed by atoms with E-state index < -0.39 is 11.7 Å². The third-order valence-corrected chi connectivity index (χ3v) is 5.13. The van der Waals surface area contributed by atoms with E-state index in [1.807, 2.05) is 0 Å². The lowest BCUT2D eigenvalue weighted by Gasteiger charge is -2.55. The molecule has 0 aromatic carbocycles. The van der Waals surface area contributed by atoms with Gasteiger partial charge in [-0.15, -0.1) is 0 Å². The largest absolute Gasteiger partial charge is 0.393 e. The third-order valence-electron chi connectivity index (χ3n) is 5.13. The molecule has 3 heteroatoms. The van der Waals surface area contributed by atoms with Crippen molar-refractivity contribution in [2.45, 2.75) is 44.3 Å². The van der Waals surface area contributed by atoms with Crippen LogP contribution in [0, 0.1) is 35.5 Å². The van der Waals surface area contributed by atoms with Crippen LogP contribution in [0.15, 0.2) is 11.6 Å². The average molecular weight is 260 g/mol. The molecule has 3 aliphatic rings. The molecule has 0 aromatic rings. The number of aliphatic hydroxyl groups excluding tert-OH is 1. The van der Waals surface area contributed by atoms with Crippen molar-refractivity contribution < 1.29 is 15.0 Å². The SMILES string of the molecule is CC1/C(=C/CCC=O)C2CCC(O)C(C3(O)C#C3)C12. The number of carbonyl (C=O) groups excluding carboxylic acids is 1. The van der Waals surface area contributed by atoms with Gasteiger partial charge in [0.05, 0.1) is 6.10 Å². The molecule has 0 heterocycles. The van der Waals surface area contributed by atoms with Gasteiger partial charge in [-0.2, -0.15) is 0 Å². The quantitative estimate of drug-likeness (QED) is 0.347. The van der Waals surface area contributed by atoms with Crippen molar-refractivity contribution in [3.8, 4) is 11.8 Å². The van der Waals surface area contributed by atoms with Crippen molar-refractivity contribution in [1.82, 2.24) is 0 Å². The molecule has 102 valence electrons. The van der Waals surface area contributed by atoms with E-state index in [1.54, 1.807) is 0 Å². The summed E-state index contributed by atoms with van der Waals surface area (Å²) in [6.45, 7) is 2.16. The van der Waals surface area contributed by atoms with E-state index in [0.717, 1.165) is 25.5 Å². The van der Waals surface area contributed by atoms with Crippen LogP contribution in [0.2, 0.25) is 0 Å². The predicted molar refractivity (Wildman–Crippen MR) is 71.0 cm³/mol. The molecular weight excluding hydrogens is 240 g/mol. The van der Waals surface area contributed by atoms with Crippen molar-refractivity contribution >= 4 is 6.29 Å². The molecule has 2 saturated carbocycles. The molecule has 0 spiro atoms. The number of carbonyl (C=O) groups is 1. The standard InChI is InChI=1S/C16H20O3/c1-10-11(4-2-3-9-17)12-5-6-13(18)15(14(10)12)16(19)7-8-16/h4,9-10,12-15,18-19H,2-3,5-6H2,1H3/b11-4-. The van der Waals surface area contributed by atoms with Gasteiger partial charge >= 0.3 is 0 Å². The maximum Gasteiger partial charge on any atom is 0.193 e. The number of aliphatic hydroxyl groups is 2. The minimum Gasteiger partial charge on any atom is -0.393 e. The van der Waals surface area contributed by atoms with Crippen LogP contribution in [0.3, 0.4) is 0 Å². The van der Waals surface area contributed by atoms with E-state index in [0.29, 0.717) is 24.2 Å². The molecule has 5 unspecified atom stereocenters. The lowest BCUT2D eigenvalue weighted by Crippen LogP contribution is -2.56. The summed E-state index contributed by atoms with van der Waals surface area (Å²) >= 11 is 0. The van der Waals surface area contributed by atoms with Gasteiger partial charge in [0.25, 0.3) is 0 Å². The van der Waals surface area contributed by atoms with E-state index in [4.69, 9.17) is 0 Å². The second kappa shape index (κ2) is 4.47. The predicted octanol–water partition coefficient (Wildman–Crippen LogP) is 1.29. The molecule has 3 aliphatic carbocycles. The lowest BCUT2D eigenvalue weighted by molar-refractivity contribution is -0.107. The number of rotatable bonds is 4. The normalized spacial score (nSPS) is 43.7. The van der Waals surface area contributed by atoms with E-state index >= 15 is 0 Å².